The van der Waals surface area contributed by atoms with Crippen molar-refractivity contribution in [2.75, 3.05) is 23.1 Å². The van der Waals surface area contributed by atoms with Gasteiger partial charge in [-0.25, -0.2) is 34.7 Å². The molecule has 17 nitrogen and oxygen atoms in total. The normalized spacial score (nSPS) is 10.9. The van der Waals surface area contributed by atoms with Gasteiger partial charge in [0.05, 0.1) is 54.9 Å². The lowest BCUT2D eigenvalue weighted by molar-refractivity contribution is 0.0696. The van der Waals surface area contributed by atoms with Gasteiger partial charge in [0.1, 0.15) is 17.2 Å². The summed E-state index contributed by atoms with van der Waals surface area (Å²) in [5.41, 5.74) is 10.4. The van der Waals surface area contributed by atoms with Crippen LogP contribution in [-0.4, -0.2) is 71.5 Å². The number of anilines is 3. The van der Waals surface area contributed by atoms with Crippen LogP contribution in [0, 0.1) is 0 Å². The van der Waals surface area contributed by atoms with Crippen molar-refractivity contribution in [1.82, 2.24) is 43.1 Å². The van der Waals surface area contributed by atoms with E-state index in [2.05, 4.69) is 57.3 Å². The molecule has 378 valence electrons. The summed E-state index contributed by atoms with van der Waals surface area (Å²) < 4.78 is 11.2. The Morgan fingerprint density at radius 1 is 0.553 bits per heavy atom. The number of nitrogens with one attached hydrogen (secondary N) is 3. The molecule has 0 aliphatic carbocycles. The number of aromatic hydroxyl groups is 2. The Balaban J connectivity index is 0.000000130. The highest BCUT2D eigenvalue weighted by Crippen LogP contribution is 2.29. The fourth-order valence-corrected chi connectivity index (χ4v) is 9.02. The van der Waals surface area contributed by atoms with Gasteiger partial charge in [0.2, 0.25) is 0 Å². The molecule has 7 heterocycles. The van der Waals surface area contributed by atoms with Crippen LogP contribution >= 0.6 is 22.9 Å². The SMILES string of the molecule is COc1ccc(-c2cnc3c(NCc4cccc(Cl)c4)nccn23)cc1.O=C(O)c1ccc(CNc2nccn3c(-c4ccc(O)cc4)cnc23)cc1.Oc1ccc(-c2cnc3c(NCc4cccs4)nccn23)cc1. The number of imidazole rings is 3. The number of phenols is 2. The summed E-state index contributed by atoms with van der Waals surface area (Å²) in [7, 11) is 1.66. The lowest BCUT2D eigenvalue weighted by Gasteiger charge is -2.08. The monoisotopic (exact) mass is 1050 g/mol. The molecule has 0 atom stereocenters. The van der Waals surface area contributed by atoms with E-state index in [-0.39, 0.29) is 17.1 Å². The maximum Gasteiger partial charge on any atom is 0.335 e. The van der Waals surface area contributed by atoms with Crippen molar-refractivity contribution < 1.29 is 24.9 Å². The average molecular weight is 1050 g/mol. The maximum absolute atomic E-state index is 10.9. The Morgan fingerprint density at radius 3 is 1.45 bits per heavy atom. The van der Waals surface area contributed by atoms with Crippen LogP contribution < -0.4 is 20.7 Å². The summed E-state index contributed by atoms with van der Waals surface area (Å²) >= 11 is 7.76. The smallest absolute Gasteiger partial charge is 0.335 e. The van der Waals surface area contributed by atoms with Gasteiger partial charge in [-0.15, -0.1) is 11.3 Å². The summed E-state index contributed by atoms with van der Waals surface area (Å²) in [5.74, 6) is 2.46. The molecule has 0 bridgehead atoms. The topological polar surface area (TPSA) is 214 Å². The van der Waals surface area contributed by atoms with Crippen LogP contribution in [0.1, 0.15) is 26.4 Å². The van der Waals surface area contributed by atoms with E-state index in [1.807, 2.05) is 123 Å². The van der Waals surface area contributed by atoms with Gasteiger partial charge in [0, 0.05) is 76.9 Å². The van der Waals surface area contributed by atoms with Gasteiger partial charge < -0.3 is 36.0 Å². The molecule has 0 radical (unpaired) electrons. The Bertz CT molecular complexity index is 3890. The minimum Gasteiger partial charge on any atom is -0.508 e. The van der Waals surface area contributed by atoms with Gasteiger partial charge in [0.25, 0.3) is 0 Å². The summed E-state index contributed by atoms with van der Waals surface area (Å²) in [6, 6.07) is 40.5. The van der Waals surface area contributed by atoms with E-state index in [0.717, 1.165) is 85.1 Å². The molecule has 6 N–H and O–H groups in total. The first-order chi connectivity index (χ1) is 37.2. The second-order valence-electron chi connectivity index (χ2n) is 16.9. The van der Waals surface area contributed by atoms with E-state index in [1.54, 1.807) is 91.8 Å². The van der Waals surface area contributed by atoms with Crippen molar-refractivity contribution >= 4 is 63.3 Å². The number of carboxylic acid groups (broad SMARTS) is 1. The third-order valence-corrected chi connectivity index (χ3v) is 13.1. The van der Waals surface area contributed by atoms with Crippen LogP contribution in [0.15, 0.2) is 195 Å². The third kappa shape index (κ3) is 11.5. The van der Waals surface area contributed by atoms with Gasteiger partial charge in [-0.3, -0.25) is 13.2 Å². The molecule has 0 unspecified atom stereocenters. The molecule has 0 saturated carbocycles. The minimum absolute atomic E-state index is 0.213. The van der Waals surface area contributed by atoms with Crippen molar-refractivity contribution in [1.29, 1.82) is 0 Å². The fraction of sp³-hybridized carbons (Fsp3) is 0.0702. The highest BCUT2D eigenvalue weighted by atomic mass is 35.5. The Labute approximate surface area is 444 Å². The number of fused-ring (bicyclic) bond motifs is 3. The number of hydrogen-bond donors (Lipinski definition) is 6. The molecule has 19 heteroatoms. The van der Waals surface area contributed by atoms with Crippen molar-refractivity contribution in [2.24, 2.45) is 0 Å². The van der Waals surface area contributed by atoms with Crippen LogP contribution in [-0.2, 0) is 19.6 Å². The molecule has 0 aliphatic heterocycles. The Hall–Kier alpha value is -9.78. The van der Waals surface area contributed by atoms with Crippen molar-refractivity contribution in [3.05, 3.63) is 221 Å². The van der Waals surface area contributed by atoms with Crippen molar-refractivity contribution in [2.45, 2.75) is 19.6 Å². The van der Waals surface area contributed by atoms with Gasteiger partial charge in [-0.1, -0.05) is 41.9 Å². The molecule has 0 saturated heterocycles. The second-order valence-corrected chi connectivity index (χ2v) is 18.4. The fourth-order valence-electron chi connectivity index (χ4n) is 8.17. The number of nitrogens with zero attached hydrogens (tertiary/aromatic N) is 9. The lowest BCUT2D eigenvalue weighted by Crippen LogP contribution is -2.04. The van der Waals surface area contributed by atoms with E-state index in [4.69, 9.17) is 21.4 Å². The first-order valence-corrected chi connectivity index (χ1v) is 24.9. The predicted molar refractivity (Wildman–Crippen MR) is 296 cm³/mol. The minimum atomic E-state index is -0.944. The molecule has 7 aromatic heterocycles. The predicted octanol–water partition coefficient (Wildman–Crippen LogP) is 11.9. The number of ether oxygens (including phenoxy) is 1. The molecule has 12 rings (SSSR count). The first kappa shape index (κ1) is 49.8. The molecule has 0 aliphatic rings. The summed E-state index contributed by atoms with van der Waals surface area (Å²) in [4.78, 5) is 38.9. The molecule has 76 heavy (non-hydrogen) atoms. The number of rotatable bonds is 14. The molecular weight excluding hydrogens is 1000 g/mol. The van der Waals surface area contributed by atoms with E-state index < -0.39 is 5.97 Å². The number of aromatic carboxylic acids is 1. The number of aromatic nitrogens is 9. The van der Waals surface area contributed by atoms with Crippen LogP contribution in [0.25, 0.3) is 50.7 Å². The van der Waals surface area contributed by atoms with Crippen LogP contribution in [0.2, 0.25) is 5.02 Å². The number of phenolic OH excluding ortho intramolecular Hbond substituents is 2. The number of methoxy groups -OCH3 is 1. The Kier molecular flexibility index (Phi) is 15.0. The van der Waals surface area contributed by atoms with Gasteiger partial charge in [0.15, 0.2) is 34.4 Å². The van der Waals surface area contributed by atoms with E-state index in [0.29, 0.717) is 24.6 Å². The zero-order valence-electron chi connectivity index (χ0n) is 40.6. The molecule has 12 aromatic rings. The number of thiophene rings is 1. The van der Waals surface area contributed by atoms with Crippen molar-refractivity contribution in [3.8, 4) is 51.0 Å². The van der Waals surface area contributed by atoms with Crippen LogP contribution in [0.3, 0.4) is 0 Å². The summed E-state index contributed by atoms with van der Waals surface area (Å²) in [5, 5.41) is 40.6. The van der Waals surface area contributed by atoms with Gasteiger partial charge in [-0.2, -0.15) is 0 Å². The zero-order valence-corrected chi connectivity index (χ0v) is 42.1. The molecular formula is C57H47ClN12O5S. The average Bonchev–Trinajstić information content (AvgIpc) is 4.31. The number of hydrogen-bond acceptors (Lipinski definition) is 14. The zero-order chi connectivity index (χ0) is 52.4. The summed E-state index contributed by atoms with van der Waals surface area (Å²) in [6.07, 6.45) is 16.3. The van der Waals surface area contributed by atoms with E-state index >= 15 is 0 Å². The first-order valence-electron chi connectivity index (χ1n) is 23.7. The molecule has 5 aromatic carbocycles. The lowest BCUT2D eigenvalue weighted by atomic mass is 10.1. The number of carbonyl (C=O) groups is 1. The summed E-state index contributed by atoms with van der Waals surface area (Å²) in [6.45, 7) is 1.84. The largest absolute Gasteiger partial charge is 0.508 e. The molecule has 0 amide bonds. The van der Waals surface area contributed by atoms with E-state index in [1.165, 1.54) is 4.88 Å². The Morgan fingerprint density at radius 2 is 1.01 bits per heavy atom. The molecule has 0 spiro atoms. The van der Waals surface area contributed by atoms with Gasteiger partial charge >= 0.3 is 5.97 Å². The van der Waals surface area contributed by atoms with Crippen LogP contribution in [0.5, 0.6) is 17.2 Å². The standard InChI is InChI=1S/C20H17ClN4O.C20H16N4O3.C17H14N4OS/c1-26-17-7-5-15(6-8-17)18-13-24-20-19(22-9-10-25(18)20)23-12-14-3-2-4-16(21)11-14;25-16-7-5-14(6-8-16)17-12-23-19-18(21-9-10-24(17)19)22-11-13-1-3-15(4-2-13)20(26)27;22-13-5-3-12(4-6-13)15-11-20-17-16(18-7-8-21(15)17)19-10-14-2-1-9-23-14/h2-11,13H,12H2,1H3,(H,22,23);1-10,12,25H,11H2,(H,21,22)(H,26,27);1-9,11,22H,10H2,(H,18,19). The number of benzene rings is 5. The van der Waals surface area contributed by atoms with Gasteiger partial charge in [-0.05, 0) is 120 Å². The molecule has 0 fully saturated rings. The highest BCUT2D eigenvalue weighted by molar-refractivity contribution is 7.09. The quantitative estimate of drug-likeness (QED) is 0.0598. The maximum atomic E-state index is 10.9. The second kappa shape index (κ2) is 23.0. The highest BCUT2D eigenvalue weighted by Gasteiger charge is 2.14. The van der Waals surface area contributed by atoms with E-state index in [9.17, 15) is 15.0 Å². The van der Waals surface area contributed by atoms with Crippen LogP contribution in [0.4, 0.5) is 17.5 Å². The van der Waals surface area contributed by atoms with Crippen molar-refractivity contribution in [3.63, 3.8) is 0 Å². The third-order valence-electron chi connectivity index (χ3n) is 12.0. The number of halogens is 1. The number of carboxylic acids is 1.